The fourth-order valence-electron chi connectivity index (χ4n) is 2.48. The molecule has 0 fully saturated rings. The Labute approximate surface area is 142 Å². The van der Waals surface area contributed by atoms with Gasteiger partial charge in [-0.1, -0.05) is 0 Å². The van der Waals surface area contributed by atoms with Gasteiger partial charge in [0, 0.05) is 19.7 Å². The maximum atomic E-state index is 12.3. The number of rotatable bonds is 3. The zero-order valence-corrected chi connectivity index (χ0v) is 13.9. The molecule has 0 saturated carbocycles. The van der Waals surface area contributed by atoms with Crippen LogP contribution in [0.1, 0.15) is 10.4 Å². The lowest BCUT2D eigenvalue weighted by atomic mass is 10.2. The number of ether oxygens (including phenoxy) is 1. The molecule has 3 rings (SSSR count). The summed E-state index contributed by atoms with van der Waals surface area (Å²) in [5.41, 5.74) is 0.139. The van der Waals surface area contributed by atoms with Gasteiger partial charge >= 0.3 is 5.69 Å². The molecule has 1 N–H and O–H groups in total. The normalized spacial score (nSPS) is 10.7. The molecule has 0 saturated heterocycles. The van der Waals surface area contributed by atoms with Crippen molar-refractivity contribution >= 4 is 22.6 Å². The average Bonchev–Trinajstić information content (AvgIpc) is 2.64. The largest absolute Gasteiger partial charge is 0.497 e. The maximum Gasteiger partial charge on any atom is 0.332 e. The van der Waals surface area contributed by atoms with Crippen molar-refractivity contribution in [3.8, 4) is 5.75 Å². The first-order chi connectivity index (χ1) is 11.9. The van der Waals surface area contributed by atoms with E-state index in [0.717, 1.165) is 4.57 Å². The Morgan fingerprint density at radius 1 is 1.12 bits per heavy atom. The molecule has 8 nitrogen and oxygen atoms in total. The summed E-state index contributed by atoms with van der Waals surface area (Å²) in [6.45, 7) is 0. The first-order valence-corrected chi connectivity index (χ1v) is 7.43. The van der Waals surface area contributed by atoms with Gasteiger partial charge in [0.05, 0.1) is 24.4 Å². The SMILES string of the molecule is COc1ccc(C(=O)Nc2cnc3c(c2)c(=O)n(C)c(=O)n3C)cc1. The second-order valence-corrected chi connectivity index (χ2v) is 5.48. The summed E-state index contributed by atoms with van der Waals surface area (Å²) in [6.07, 6.45) is 1.41. The number of benzene rings is 1. The number of nitrogens with one attached hydrogen (secondary N) is 1. The number of carbonyl (C=O) groups excluding carboxylic acids is 1. The minimum atomic E-state index is -0.467. The van der Waals surface area contributed by atoms with E-state index in [0.29, 0.717) is 17.0 Å². The molecule has 2 aromatic heterocycles. The number of nitrogens with zero attached hydrogens (tertiary/aromatic N) is 3. The van der Waals surface area contributed by atoms with Crippen molar-refractivity contribution in [3.63, 3.8) is 0 Å². The summed E-state index contributed by atoms with van der Waals surface area (Å²) in [6, 6.07) is 8.13. The van der Waals surface area contributed by atoms with E-state index in [1.54, 1.807) is 31.4 Å². The lowest BCUT2D eigenvalue weighted by molar-refractivity contribution is 0.102. The molecule has 0 aliphatic rings. The van der Waals surface area contributed by atoms with Crippen LogP contribution in [0.25, 0.3) is 11.0 Å². The maximum absolute atomic E-state index is 12.3. The van der Waals surface area contributed by atoms with E-state index in [-0.39, 0.29) is 16.9 Å². The molecular weight excluding hydrogens is 324 g/mol. The Hall–Kier alpha value is -3.42. The van der Waals surface area contributed by atoms with Crippen molar-refractivity contribution in [2.75, 3.05) is 12.4 Å². The number of hydrogen-bond acceptors (Lipinski definition) is 5. The van der Waals surface area contributed by atoms with Gasteiger partial charge in [-0.25, -0.2) is 9.78 Å². The van der Waals surface area contributed by atoms with Crippen LogP contribution < -0.4 is 21.3 Å². The number of hydrogen-bond donors (Lipinski definition) is 1. The molecule has 0 radical (unpaired) electrons. The molecule has 1 aromatic carbocycles. The third kappa shape index (κ3) is 2.89. The van der Waals surface area contributed by atoms with Crippen molar-refractivity contribution in [2.45, 2.75) is 0 Å². The van der Waals surface area contributed by atoms with Crippen LogP contribution in [-0.4, -0.2) is 27.1 Å². The summed E-state index contributed by atoms with van der Waals surface area (Å²) < 4.78 is 7.34. The zero-order valence-electron chi connectivity index (χ0n) is 13.9. The molecule has 0 spiro atoms. The third-order valence-corrected chi connectivity index (χ3v) is 3.90. The molecule has 3 aromatic rings. The molecule has 0 atom stereocenters. The third-order valence-electron chi connectivity index (χ3n) is 3.90. The smallest absolute Gasteiger partial charge is 0.332 e. The Balaban J connectivity index is 1.98. The van der Waals surface area contributed by atoms with Crippen molar-refractivity contribution in [3.05, 3.63) is 62.9 Å². The minimum Gasteiger partial charge on any atom is -0.497 e. The number of aromatic nitrogens is 3. The molecule has 128 valence electrons. The van der Waals surface area contributed by atoms with Gasteiger partial charge in [0.1, 0.15) is 11.4 Å². The van der Waals surface area contributed by atoms with Gasteiger partial charge in [-0.15, -0.1) is 0 Å². The van der Waals surface area contributed by atoms with Gasteiger partial charge in [-0.2, -0.15) is 0 Å². The van der Waals surface area contributed by atoms with E-state index in [2.05, 4.69) is 10.3 Å². The molecule has 0 bridgehead atoms. The minimum absolute atomic E-state index is 0.247. The first-order valence-electron chi connectivity index (χ1n) is 7.43. The zero-order chi connectivity index (χ0) is 18.1. The standard InChI is InChI=1S/C17H16N4O4/c1-20-14-13(16(23)21(2)17(20)24)8-11(9-18-14)19-15(22)10-4-6-12(25-3)7-5-10/h4-9H,1-3H3,(H,19,22). The van der Waals surface area contributed by atoms with Crippen LogP contribution in [-0.2, 0) is 14.1 Å². The monoisotopic (exact) mass is 340 g/mol. The first kappa shape index (κ1) is 16.4. The molecule has 25 heavy (non-hydrogen) atoms. The van der Waals surface area contributed by atoms with Gasteiger partial charge in [-0.3, -0.25) is 18.7 Å². The average molecular weight is 340 g/mol. The summed E-state index contributed by atoms with van der Waals surface area (Å²) in [5, 5.41) is 2.94. The fraction of sp³-hybridized carbons (Fsp3) is 0.176. The second kappa shape index (κ2) is 6.23. The summed E-state index contributed by atoms with van der Waals surface area (Å²) >= 11 is 0. The summed E-state index contributed by atoms with van der Waals surface area (Å²) in [7, 11) is 4.48. The van der Waals surface area contributed by atoms with E-state index >= 15 is 0 Å². The molecule has 0 unspecified atom stereocenters. The fourth-order valence-corrected chi connectivity index (χ4v) is 2.48. The Kier molecular flexibility index (Phi) is 4.10. The second-order valence-electron chi connectivity index (χ2n) is 5.48. The van der Waals surface area contributed by atoms with Crippen LogP contribution in [0, 0.1) is 0 Å². The number of methoxy groups -OCH3 is 1. The van der Waals surface area contributed by atoms with Crippen LogP contribution in [0.3, 0.4) is 0 Å². The molecule has 8 heteroatoms. The van der Waals surface area contributed by atoms with Crippen molar-refractivity contribution < 1.29 is 9.53 Å². The Bertz CT molecular complexity index is 1080. The highest BCUT2D eigenvalue weighted by molar-refractivity contribution is 6.04. The van der Waals surface area contributed by atoms with Crippen molar-refractivity contribution in [2.24, 2.45) is 14.1 Å². The quantitative estimate of drug-likeness (QED) is 0.764. The number of anilines is 1. The number of aryl methyl sites for hydroxylation is 1. The van der Waals surface area contributed by atoms with Crippen LogP contribution in [0.4, 0.5) is 5.69 Å². The van der Waals surface area contributed by atoms with Crippen LogP contribution >= 0.6 is 0 Å². The van der Waals surface area contributed by atoms with E-state index in [4.69, 9.17) is 4.74 Å². The van der Waals surface area contributed by atoms with Gasteiger partial charge in [0.2, 0.25) is 0 Å². The number of amides is 1. The van der Waals surface area contributed by atoms with Crippen LogP contribution in [0.5, 0.6) is 5.75 Å². The highest BCUT2D eigenvalue weighted by Crippen LogP contribution is 2.15. The summed E-state index contributed by atoms with van der Waals surface area (Å²) in [4.78, 5) is 40.6. The van der Waals surface area contributed by atoms with Gasteiger partial charge in [0.15, 0.2) is 0 Å². The van der Waals surface area contributed by atoms with E-state index < -0.39 is 11.2 Å². The van der Waals surface area contributed by atoms with Crippen LogP contribution in [0.2, 0.25) is 0 Å². The van der Waals surface area contributed by atoms with Gasteiger partial charge in [-0.05, 0) is 30.3 Å². The predicted molar refractivity (Wildman–Crippen MR) is 93.2 cm³/mol. The van der Waals surface area contributed by atoms with Crippen molar-refractivity contribution in [1.29, 1.82) is 0 Å². The lowest BCUT2D eigenvalue weighted by Crippen LogP contribution is -2.37. The number of carbonyl (C=O) groups is 1. The molecule has 1 amide bonds. The highest BCUT2D eigenvalue weighted by Gasteiger charge is 2.12. The Morgan fingerprint density at radius 3 is 2.44 bits per heavy atom. The van der Waals surface area contributed by atoms with Gasteiger partial charge in [0.25, 0.3) is 11.5 Å². The van der Waals surface area contributed by atoms with E-state index in [9.17, 15) is 14.4 Å². The van der Waals surface area contributed by atoms with Gasteiger partial charge < -0.3 is 10.1 Å². The lowest BCUT2D eigenvalue weighted by Gasteiger charge is -2.09. The van der Waals surface area contributed by atoms with Crippen molar-refractivity contribution in [1.82, 2.24) is 14.1 Å². The molecule has 0 aliphatic carbocycles. The number of fused-ring (bicyclic) bond motifs is 1. The van der Waals surface area contributed by atoms with E-state index in [1.165, 1.54) is 30.9 Å². The summed E-state index contributed by atoms with van der Waals surface area (Å²) in [5.74, 6) is 0.304. The Morgan fingerprint density at radius 2 is 1.80 bits per heavy atom. The predicted octanol–water partition coefficient (Wildman–Crippen LogP) is 0.893. The number of pyridine rings is 1. The molecular formula is C17H16N4O4. The molecule has 0 aliphatic heterocycles. The molecule has 2 heterocycles. The van der Waals surface area contributed by atoms with Crippen LogP contribution in [0.15, 0.2) is 46.1 Å². The van der Waals surface area contributed by atoms with E-state index in [1.807, 2.05) is 0 Å². The topological polar surface area (TPSA) is 95.2 Å². The highest BCUT2D eigenvalue weighted by atomic mass is 16.5.